The molecule has 2 atom stereocenters. The molecule has 0 amide bonds. The predicted octanol–water partition coefficient (Wildman–Crippen LogP) is 2.93. The molecule has 1 aliphatic rings. The SMILES string of the molecule is COc1ccc(C)cc1C(O)C1CCCS1. The maximum absolute atomic E-state index is 10.4. The zero-order valence-electron chi connectivity index (χ0n) is 9.77. The molecule has 1 fully saturated rings. The molecule has 88 valence electrons. The molecule has 0 aliphatic carbocycles. The topological polar surface area (TPSA) is 29.5 Å². The molecule has 2 rings (SSSR count). The highest BCUT2D eigenvalue weighted by molar-refractivity contribution is 8.00. The molecule has 16 heavy (non-hydrogen) atoms. The van der Waals surface area contributed by atoms with E-state index in [4.69, 9.17) is 4.74 Å². The summed E-state index contributed by atoms with van der Waals surface area (Å²) in [6.45, 7) is 2.04. The van der Waals surface area contributed by atoms with Crippen LogP contribution in [-0.2, 0) is 0 Å². The maximum Gasteiger partial charge on any atom is 0.124 e. The normalized spacial score (nSPS) is 22.1. The van der Waals surface area contributed by atoms with Crippen LogP contribution < -0.4 is 4.74 Å². The van der Waals surface area contributed by atoms with E-state index in [9.17, 15) is 5.11 Å². The molecule has 1 saturated heterocycles. The van der Waals surface area contributed by atoms with Crippen LogP contribution in [-0.4, -0.2) is 23.2 Å². The third-order valence-electron chi connectivity index (χ3n) is 3.02. The summed E-state index contributed by atoms with van der Waals surface area (Å²) in [6, 6.07) is 5.98. The van der Waals surface area contributed by atoms with E-state index in [-0.39, 0.29) is 0 Å². The lowest BCUT2D eigenvalue weighted by Crippen LogP contribution is -2.13. The Morgan fingerprint density at radius 1 is 1.50 bits per heavy atom. The highest BCUT2D eigenvalue weighted by Crippen LogP contribution is 2.39. The van der Waals surface area contributed by atoms with Crippen molar-refractivity contribution in [3.63, 3.8) is 0 Å². The fraction of sp³-hybridized carbons (Fsp3) is 0.538. The van der Waals surface area contributed by atoms with Crippen molar-refractivity contribution in [1.82, 2.24) is 0 Å². The van der Waals surface area contributed by atoms with Gasteiger partial charge in [-0.1, -0.05) is 11.6 Å². The number of benzene rings is 1. The Bertz CT molecular complexity index is 359. The molecular formula is C13H18O2S. The summed E-state index contributed by atoms with van der Waals surface area (Å²) < 4.78 is 5.31. The van der Waals surface area contributed by atoms with Crippen molar-refractivity contribution in [3.8, 4) is 5.75 Å². The van der Waals surface area contributed by atoms with E-state index in [1.165, 1.54) is 6.42 Å². The van der Waals surface area contributed by atoms with Crippen LogP contribution in [0.25, 0.3) is 0 Å². The fourth-order valence-corrected chi connectivity index (χ4v) is 3.44. The molecule has 0 radical (unpaired) electrons. The standard InChI is InChI=1S/C13H18O2S/c1-9-5-6-11(15-2)10(8-9)13(14)12-4-3-7-16-12/h5-6,8,12-14H,3-4,7H2,1-2H3. The van der Waals surface area contributed by atoms with Crippen LogP contribution in [0.5, 0.6) is 5.75 Å². The van der Waals surface area contributed by atoms with Crippen molar-refractivity contribution in [2.45, 2.75) is 31.1 Å². The van der Waals surface area contributed by atoms with Crippen LogP contribution in [0.4, 0.5) is 0 Å². The van der Waals surface area contributed by atoms with E-state index >= 15 is 0 Å². The fourth-order valence-electron chi connectivity index (χ4n) is 2.14. The Morgan fingerprint density at radius 3 is 2.94 bits per heavy atom. The number of aliphatic hydroxyl groups excluding tert-OH is 1. The molecule has 1 aromatic rings. The molecule has 0 bridgehead atoms. The Balaban J connectivity index is 2.26. The van der Waals surface area contributed by atoms with Crippen molar-refractivity contribution in [2.75, 3.05) is 12.9 Å². The second-order valence-corrected chi connectivity index (χ2v) is 5.59. The molecule has 0 aromatic heterocycles. The Hall–Kier alpha value is -0.670. The van der Waals surface area contributed by atoms with Gasteiger partial charge in [0.25, 0.3) is 0 Å². The van der Waals surface area contributed by atoms with Gasteiger partial charge in [-0.3, -0.25) is 0 Å². The first-order chi connectivity index (χ1) is 7.72. The van der Waals surface area contributed by atoms with Gasteiger partial charge in [-0.15, -0.1) is 0 Å². The number of hydrogen-bond donors (Lipinski definition) is 1. The third kappa shape index (κ3) is 2.36. The van der Waals surface area contributed by atoms with Gasteiger partial charge in [0.15, 0.2) is 0 Å². The third-order valence-corrected chi connectivity index (χ3v) is 4.47. The van der Waals surface area contributed by atoms with Crippen LogP contribution in [0.2, 0.25) is 0 Å². The summed E-state index contributed by atoms with van der Waals surface area (Å²) in [5.74, 6) is 1.96. The Morgan fingerprint density at radius 2 is 2.31 bits per heavy atom. The number of aliphatic hydroxyl groups is 1. The van der Waals surface area contributed by atoms with Crippen LogP contribution in [0.3, 0.4) is 0 Å². The largest absolute Gasteiger partial charge is 0.496 e. The monoisotopic (exact) mass is 238 g/mol. The molecule has 2 unspecified atom stereocenters. The number of ether oxygens (including phenoxy) is 1. The van der Waals surface area contributed by atoms with Crippen molar-refractivity contribution in [1.29, 1.82) is 0 Å². The van der Waals surface area contributed by atoms with E-state index in [0.29, 0.717) is 5.25 Å². The van der Waals surface area contributed by atoms with Crippen molar-refractivity contribution in [2.24, 2.45) is 0 Å². The number of thioether (sulfide) groups is 1. The molecule has 1 aromatic carbocycles. The maximum atomic E-state index is 10.4. The molecular weight excluding hydrogens is 220 g/mol. The second kappa shape index (κ2) is 5.11. The van der Waals surface area contributed by atoms with Gasteiger partial charge in [-0.2, -0.15) is 11.8 Å². The molecule has 2 nitrogen and oxygen atoms in total. The van der Waals surface area contributed by atoms with Crippen molar-refractivity contribution < 1.29 is 9.84 Å². The summed E-state index contributed by atoms with van der Waals surface area (Å²) in [7, 11) is 1.66. The van der Waals surface area contributed by atoms with E-state index in [1.807, 2.05) is 36.9 Å². The average Bonchev–Trinajstić information content (AvgIpc) is 2.81. The van der Waals surface area contributed by atoms with Crippen LogP contribution in [0.15, 0.2) is 18.2 Å². The highest BCUT2D eigenvalue weighted by Gasteiger charge is 2.27. The molecule has 0 saturated carbocycles. The van der Waals surface area contributed by atoms with E-state index < -0.39 is 6.10 Å². The van der Waals surface area contributed by atoms with Crippen molar-refractivity contribution in [3.05, 3.63) is 29.3 Å². The lowest BCUT2D eigenvalue weighted by Gasteiger charge is -2.20. The van der Waals surface area contributed by atoms with Gasteiger partial charge in [0.2, 0.25) is 0 Å². The lowest BCUT2D eigenvalue weighted by atomic mass is 10.0. The van der Waals surface area contributed by atoms with Crippen molar-refractivity contribution >= 4 is 11.8 Å². The molecule has 3 heteroatoms. The first-order valence-corrected chi connectivity index (χ1v) is 6.71. The smallest absolute Gasteiger partial charge is 0.124 e. The van der Waals surface area contributed by atoms with Gasteiger partial charge in [0, 0.05) is 10.8 Å². The van der Waals surface area contributed by atoms with Crippen LogP contribution in [0.1, 0.15) is 30.1 Å². The minimum atomic E-state index is -0.401. The van der Waals surface area contributed by atoms with Gasteiger partial charge < -0.3 is 9.84 Å². The van der Waals surface area contributed by atoms with E-state index in [1.54, 1.807) is 7.11 Å². The quantitative estimate of drug-likeness (QED) is 0.878. The summed E-state index contributed by atoms with van der Waals surface area (Å²) in [5.41, 5.74) is 2.10. The van der Waals surface area contributed by atoms with E-state index in [2.05, 4.69) is 0 Å². The zero-order valence-corrected chi connectivity index (χ0v) is 10.6. The first kappa shape index (κ1) is 11.8. The average molecular weight is 238 g/mol. The van der Waals surface area contributed by atoms with Gasteiger partial charge >= 0.3 is 0 Å². The highest BCUT2D eigenvalue weighted by atomic mass is 32.2. The lowest BCUT2D eigenvalue weighted by molar-refractivity contribution is 0.169. The van der Waals surface area contributed by atoms with Crippen LogP contribution in [0, 0.1) is 6.92 Å². The molecule has 1 heterocycles. The van der Waals surface area contributed by atoms with Gasteiger partial charge in [0.05, 0.1) is 13.2 Å². The van der Waals surface area contributed by atoms with Gasteiger partial charge in [-0.05, 0) is 37.7 Å². The molecule has 0 spiro atoms. The second-order valence-electron chi connectivity index (χ2n) is 4.24. The number of hydrogen-bond acceptors (Lipinski definition) is 3. The predicted molar refractivity (Wildman–Crippen MR) is 68.2 cm³/mol. The summed E-state index contributed by atoms with van der Waals surface area (Å²) in [4.78, 5) is 0. The van der Waals surface area contributed by atoms with E-state index in [0.717, 1.165) is 29.1 Å². The summed E-state index contributed by atoms with van der Waals surface area (Å²) >= 11 is 1.86. The number of methoxy groups -OCH3 is 1. The molecule has 1 aliphatic heterocycles. The minimum absolute atomic E-state index is 0.329. The van der Waals surface area contributed by atoms with Gasteiger partial charge in [0.1, 0.15) is 5.75 Å². The number of rotatable bonds is 3. The molecule has 1 N–H and O–H groups in total. The minimum Gasteiger partial charge on any atom is -0.496 e. The Kier molecular flexibility index (Phi) is 3.77. The summed E-state index contributed by atoms with van der Waals surface area (Å²) in [5, 5.41) is 10.7. The van der Waals surface area contributed by atoms with Crippen LogP contribution >= 0.6 is 11.8 Å². The Labute approximate surface area is 101 Å². The van der Waals surface area contributed by atoms with Gasteiger partial charge in [-0.25, -0.2) is 0 Å². The summed E-state index contributed by atoms with van der Waals surface area (Å²) in [6.07, 6.45) is 1.91. The first-order valence-electron chi connectivity index (χ1n) is 5.66. The number of aryl methyl sites for hydroxylation is 1. The zero-order chi connectivity index (χ0) is 11.5.